The second kappa shape index (κ2) is 4.77. The Kier molecular flexibility index (Phi) is 3.10. The molecule has 0 radical (unpaired) electrons. The Balaban J connectivity index is 1.75. The van der Waals surface area contributed by atoms with Gasteiger partial charge in [0, 0.05) is 25.6 Å². The number of fused-ring (bicyclic) bond motifs is 1. The van der Waals surface area contributed by atoms with Crippen molar-refractivity contribution >= 4 is 11.6 Å². The third-order valence-electron chi connectivity index (χ3n) is 3.85. The van der Waals surface area contributed by atoms with E-state index in [0.717, 1.165) is 6.42 Å². The van der Waals surface area contributed by atoms with Gasteiger partial charge in [-0.25, -0.2) is 4.39 Å². The molecule has 0 unspecified atom stereocenters. The molecule has 1 aromatic rings. The zero-order valence-corrected chi connectivity index (χ0v) is 10.6. The summed E-state index contributed by atoms with van der Waals surface area (Å²) in [6.45, 7) is 2.18. The fourth-order valence-electron chi connectivity index (χ4n) is 2.98. The summed E-state index contributed by atoms with van der Waals surface area (Å²) in [7, 11) is 0. The lowest BCUT2D eigenvalue weighted by atomic mass is 9.71. The number of ether oxygens (including phenoxy) is 1. The van der Waals surface area contributed by atoms with Crippen LogP contribution in [0.1, 0.15) is 13.3 Å². The molecule has 1 saturated heterocycles. The minimum atomic E-state index is -0.383. The Labute approximate surface area is 110 Å². The molecule has 1 aliphatic heterocycles. The molecule has 1 aromatic heterocycles. The van der Waals surface area contributed by atoms with Crippen molar-refractivity contribution in [3.8, 4) is 0 Å². The maximum atomic E-state index is 13.6. The first-order valence-corrected chi connectivity index (χ1v) is 6.41. The summed E-state index contributed by atoms with van der Waals surface area (Å²) in [6, 6.07) is 1.51. The normalized spacial score (nSPS) is 32.3. The average Bonchev–Trinajstić information content (AvgIpc) is 2.79. The van der Waals surface area contributed by atoms with Gasteiger partial charge in [-0.1, -0.05) is 0 Å². The van der Waals surface area contributed by atoms with Gasteiger partial charge in [-0.2, -0.15) is 0 Å². The number of anilines is 1. The van der Waals surface area contributed by atoms with Gasteiger partial charge in [-0.3, -0.25) is 9.78 Å². The van der Waals surface area contributed by atoms with Gasteiger partial charge in [0.15, 0.2) is 5.82 Å². The Morgan fingerprint density at radius 1 is 1.53 bits per heavy atom. The largest absolute Gasteiger partial charge is 0.377 e. The number of halogens is 1. The van der Waals surface area contributed by atoms with Crippen LogP contribution in [0.15, 0.2) is 18.5 Å². The first kappa shape index (κ1) is 12.3. The van der Waals surface area contributed by atoms with E-state index in [1.807, 2.05) is 0 Å². The zero-order chi connectivity index (χ0) is 13.4. The number of hydrogen-bond donors (Lipinski definition) is 2. The molecular weight excluding hydrogens is 249 g/mol. The van der Waals surface area contributed by atoms with Gasteiger partial charge in [0.25, 0.3) is 0 Å². The van der Waals surface area contributed by atoms with Crippen LogP contribution in [0, 0.1) is 11.7 Å². The smallest absolute Gasteiger partial charge is 0.217 e. The molecule has 0 aromatic carbocycles. The Hall–Kier alpha value is -1.69. The molecule has 6 heteroatoms. The zero-order valence-electron chi connectivity index (χ0n) is 10.6. The van der Waals surface area contributed by atoms with Crippen LogP contribution in [-0.4, -0.2) is 35.7 Å². The molecule has 19 heavy (non-hydrogen) atoms. The van der Waals surface area contributed by atoms with Crippen molar-refractivity contribution in [3.05, 3.63) is 24.3 Å². The van der Waals surface area contributed by atoms with Gasteiger partial charge < -0.3 is 15.4 Å². The maximum absolute atomic E-state index is 13.6. The van der Waals surface area contributed by atoms with Crippen LogP contribution in [-0.2, 0) is 9.53 Å². The fraction of sp³-hybridized carbons (Fsp3) is 0.538. The molecule has 4 atom stereocenters. The summed E-state index contributed by atoms with van der Waals surface area (Å²) in [5.41, 5.74) is 0.417. The number of aromatic nitrogens is 1. The number of rotatable bonds is 3. The molecule has 102 valence electrons. The van der Waals surface area contributed by atoms with Crippen LogP contribution in [0.4, 0.5) is 10.1 Å². The van der Waals surface area contributed by atoms with Gasteiger partial charge in [0.05, 0.1) is 30.1 Å². The minimum Gasteiger partial charge on any atom is -0.377 e. The molecule has 1 saturated carbocycles. The number of hydrogen-bond acceptors (Lipinski definition) is 4. The van der Waals surface area contributed by atoms with E-state index >= 15 is 0 Å². The predicted molar refractivity (Wildman–Crippen MR) is 67.1 cm³/mol. The van der Waals surface area contributed by atoms with Crippen molar-refractivity contribution in [1.82, 2.24) is 10.3 Å². The number of amides is 1. The lowest BCUT2D eigenvalue weighted by Gasteiger charge is -2.48. The second-order valence-electron chi connectivity index (χ2n) is 5.04. The summed E-state index contributed by atoms with van der Waals surface area (Å²) in [5, 5.41) is 6.04. The van der Waals surface area contributed by atoms with E-state index in [9.17, 15) is 9.18 Å². The van der Waals surface area contributed by atoms with E-state index in [1.54, 1.807) is 12.3 Å². The van der Waals surface area contributed by atoms with Crippen molar-refractivity contribution < 1.29 is 13.9 Å². The molecule has 5 nitrogen and oxygen atoms in total. The quantitative estimate of drug-likeness (QED) is 0.853. The van der Waals surface area contributed by atoms with Gasteiger partial charge in [-0.05, 0) is 12.5 Å². The Bertz CT molecular complexity index is 497. The molecule has 3 rings (SSSR count). The van der Waals surface area contributed by atoms with E-state index in [0.29, 0.717) is 18.2 Å². The summed E-state index contributed by atoms with van der Waals surface area (Å²) in [6.07, 6.45) is 3.70. The maximum Gasteiger partial charge on any atom is 0.217 e. The summed E-state index contributed by atoms with van der Waals surface area (Å²) < 4.78 is 19.2. The van der Waals surface area contributed by atoms with Crippen molar-refractivity contribution in [1.29, 1.82) is 0 Å². The highest BCUT2D eigenvalue weighted by Gasteiger charge is 2.54. The van der Waals surface area contributed by atoms with E-state index in [4.69, 9.17) is 4.74 Å². The van der Waals surface area contributed by atoms with Crippen molar-refractivity contribution in [2.75, 3.05) is 11.9 Å². The van der Waals surface area contributed by atoms with Crippen molar-refractivity contribution in [2.45, 2.75) is 31.5 Å². The molecule has 1 aliphatic carbocycles. The van der Waals surface area contributed by atoms with Gasteiger partial charge in [0.1, 0.15) is 0 Å². The third-order valence-corrected chi connectivity index (χ3v) is 3.85. The highest BCUT2D eigenvalue weighted by Crippen LogP contribution is 2.40. The lowest BCUT2D eigenvalue weighted by molar-refractivity contribution is -0.123. The van der Waals surface area contributed by atoms with Crippen LogP contribution >= 0.6 is 0 Å². The van der Waals surface area contributed by atoms with Crippen LogP contribution in [0.2, 0.25) is 0 Å². The molecular formula is C13H16FN3O2. The summed E-state index contributed by atoms with van der Waals surface area (Å²) in [5.74, 6) is -0.156. The molecule has 2 N–H and O–H groups in total. The lowest BCUT2D eigenvalue weighted by Crippen LogP contribution is -2.68. The molecule has 2 heterocycles. The molecule has 2 aliphatic rings. The minimum absolute atomic E-state index is 0.00769. The van der Waals surface area contributed by atoms with Gasteiger partial charge in [0.2, 0.25) is 5.91 Å². The number of nitrogens with one attached hydrogen (secondary N) is 2. The number of nitrogens with zero attached hydrogens (tertiary/aromatic N) is 1. The topological polar surface area (TPSA) is 63.2 Å². The monoisotopic (exact) mass is 265 g/mol. The Morgan fingerprint density at radius 3 is 3.11 bits per heavy atom. The standard InChI is InChI=1S/C13H16FN3O2/c1-7(18)16-12-11(8-3-5-19-13(8)12)17-10-2-4-15-6-9(10)14/h2,4,6,8,11-13H,3,5H2,1H3,(H,15,17)(H,16,18)/t8-,11+,12-,13-/m1/s1. The van der Waals surface area contributed by atoms with Crippen LogP contribution < -0.4 is 10.6 Å². The molecule has 1 amide bonds. The first-order valence-electron chi connectivity index (χ1n) is 6.41. The van der Waals surface area contributed by atoms with Crippen molar-refractivity contribution in [3.63, 3.8) is 0 Å². The SMILES string of the molecule is CC(=O)N[C@@H]1[C@@H](Nc2ccncc2F)[C@H]2CCO[C@H]21. The van der Waals surface area contributed by atoms with Crippen molar-refractivity contribution in [2.24, 2.45) is 5.92 Å². The van der Waals surface area contributed by atoms with Crippen LogP contribution in [0.3, 0.4) is 0 Å². The number of carbonyl (C=O) groups excluding carboxylic acids is 1. The molecule has 2 fully saturated rings. The van der Waals surface area contributed by atoms with Crippen LogP contribution in [0.5, 0.6) is 0 Å². The third kappa shape index (κ3) is 2.16. The molecule has 0 spiro atoms. The van der Waals surface area contributed by atoms with E-state index in [1.165, 1.54) is 13.1 Å². The molecule has 0 bridgehead atoms. The first-order chi connectivity index (χ1) is 9.16. The summed E-state index contributed by atoms with van der Waals surface area (Å²) in [4.78, 5) is 14.9. The Morgan fingerprint density at radius 2 is 2.37 bits per heavy atom. The second-order valence-corrected chi connectivity index (χ2v) is 5.04. The van der Waals surface area contributed by atoms with E-state index in [-0.39, 0.29) is 29.9 Å². The average molecular weight is 265 g/mol. The van der Waals surface area contributed by atoms with Gasteiger partial charge >= 0.3 is 0 Å². The van der Waals surface area contributed by atoms with Gasteiger partial charge in [-0.15, -0.1) is 0 Å². The van der Waals surface area contributed by atoms with Crippen LogP contribution in [0.25, 0.3) is 0 Å². The number of pyridine rings is 1. The highest BCUT2D eigenvalue weighted by molar-refractivity contribution is 5.73. The van der Waals surface area contributed by atoms with E-state index < -0.39 is 0 Å². The number of carbonyl (C=O) groups is 1. The van der Waals surface area contributed by atoms with E-state index in [2.05, 4.69) is 15.6 Å². The summed E-state index contributed by atoms with van der Waals surface area (Å²) >= 11 is 0. The fourth-order valence-corrected chi connectivity index (χ4v) is 2.98. The predicted octanol–water partition coefficient (Wildman–Crippen LogP) is 0.925. The highest BCUT2D eigenvalue weighted by atomic mass is 19.1.